The van der Waals surface area contributed by atoms with Gasteiger partial charge in [0.2, 0.25) is 5.43 Å². The van der Waals surface area contributed by atoms with Gasteiger partial charge in [-0.2, -0.15) is 0 Å². The Morgan fingerprint density at radius 1 is 1.03 bits per heavy atom. The van der Waals surface area contributed by atoms with Crippen LogP contribution in [0.2, 0.25) is 0 Å². The summed E-state index contributed by atoms with van der Waals surface area (Å²) in [6.07, 6.45) is 1.20. The van der Waals surface area contributed by atoms with Gasteiger partial charge in [-0.05, 0) is 35.2 Å². The second kappa shape index (κ2) is 8.37. The van der Waals surface area contributed by atoms with E-state index >= 15 is 0 Å². The fraction of sp³-hybridized carbons (Fsp3) is 0.138. The van der Waals surface area contributed by atoms with Crippen LogP contribution in [0.15, 0.2) is 80.9 Å². The Morgan fingerprint density at radius 2 is 1.78 bits per heavy atom. The lowest BCUT2D eigenvalue weighted by Gasteiger charge is -2.26. The normalized spacial score (nSPS) is 15.0. The van der Waals surface area contributed by atoms with E-state index < -0.39 is 17.3 Å². The molecule has 0 saturated carbocycles. The fourth-order valence-corrected chi connectivity index (χ4v) is 5.06. The SMILES string of the molecule is COc1ccc(-c2coc3c4c(cc(O)c3c2=O)OC(=O)C[C@H]4c2cc3ccccc3n(C)c2=O)cc1. The van der Waals surface area contributed by atoms with Crippen LogP contribution in [0.25, 0.3) is 33.0 Å². The van der Waals surface area contributed by atoms with Crippen LogP contribution in [0, 0.1) is 0 Å². The number of rotatable bonds is 3. The number of fused-ring (bicyclic) bond motifs is 4. The number of methoxy groups -OCH3 is 1. The molecule has 2 aromatic heterocycles. The summed E-state index contributed by atoms with van der Waals surface area (Å²) >= 11 is 0. The van der Waals surface area contributed by atoms with Gasteiger partial charge in [0, 0.05) is 30.2 Å². The molecule has 0 fully saturated rings. The first-order valence-electron chi connectivity index (χ1n) is 11.6. The number of aryl methyl sites for hydroxylation is 1. The van der Waals surface area contributed by atoms with Gasteiger partial charge in [0.1, 0.15) is 34.5 Å². The molecule has 0 amide bonds. The molecule has 1 N–H and O–H groups in total. The van der Waals surface area contributed by atoms with Crippen molar-refractivity contribution < 1.29 is 23.8 Å². The first-order valence-corrected chi connectivity index (χ1v) is 11.6. The van der Waals surface area contributed by atoms with Gasteiger partial charge in [-0.1, -0.05) is 30.3 Å². The number of benzene rings is 3. The van der Waals surface area contributed by atoms with Gasteiger partial charge in [-0.3, -0.25) is 14.4 Å². The molecule has 0 bridgehead atoms. The maximum atomic E-state index is 13.6. The molecule has 0 saturated heterocycles. The molecule has 184 valence electrons. The number of esters is 1. The number of hydrogen-bond donors (Lipinski definition) is 1. The third kappa shape index (κ3) is 3.48. The lowest BCUT2D eigenvalue weighted by atomic mass is 9.85. The van der Waals surface area contributed by atoms with Gasteiger partial charge < -0.3 is 23.6 Å². The first-order chi connectivity index (χ1) is 17.9. The van der Waals surface area contributed by atoms with Gasteiger partial charge in [0.25, 0.3) is 5.56 Å². The van der Waals surface area contributed by atoms with Crippen molar-refractivity contribution in [2.75, 3.05) is 7.11 Å². The lowest BCUT2D eigenvalue weighted by Crippen LogP contribution is -2.29. The van der Waals surface area contributed by atoms with Crippen molar-refractivity contribution in [2.24, 2.45) is 7.05 Å². The molecule has 3 aromatic carbocycles. The minimum atomic E-state index is -0.738. The number of pyridine rings is 1. The van der Waals surface area contributed by atoms with Gasteiger partial charge in [-0.15, -0.1) is 0 Å². The Hall–Kier alpha value is -4.85. The molecule has 1 aliphatic heterocycles. The second-order valence-corrected chi connectivity index (χ2v) is 8.97. The Balaban J connectivity index is 1.62. The highest BCUT2D eigenvalue weighted by Gasteiger charge is 2.35. The summed E-state index contributed by atoms with van der Waals surface area (Å²) in [6.45, 7) is 0. The molecule has 8 heteroatoms. The van der Waals surface area contributed by atoms with Gasteiger partial charge in [-0.25, -0.2) is 0 Å². The van der Waals surface area contributed by atoms with E-state index in [0.717, 1.165) is 10.9 Å². The zero-order chi connectivity index (χ0) is 25.8. The predicted octanol–water partition coefficient (Wildman–Crippen LogP) is 4.47. The predicted molar refractivity (Wildman–Crippen MR) is 137 cm³/mol. The highest BCUT2D eigenvalue weighted by atomic mass is 16.5. The molecule has 0 aliphatic carbocycles. The van der Waals surface area contributed by atoms with Crippen molar-refractivity contribution in [3.63, 3.8) is 0 Å². The van der Waals surface area contributed by atoms with Crippen LogP contribution in [0.4, 0.5) is 0 Å². The zero-order valence-corrected chi connectivity index (χ0v) is 20.0. The molecule has 6 rings (SSSR count). The molecule has 37 heavy (non-hydrogen) atoms. The number of hydrogen-bond acceptors (Lipinski definition) is 7. The third-order valence-corrected chi connectivity index (χ3v) is 6.91. The molecule has 0 radical (unpaired) electrons. The summed E-state index contributed by atoms with van der Waals surface area (Å²) in [5, 5.41) is 11.6. The lowest BCUT2D eigenvalue weighted by molar-refractivity contribution is -0.135. The number of para-hydroxylation sites is 1. The quantitative estimate of drug-likeness (QED) is 0.291. The molecule has 5 aromatic rings. The number of nitrogens with zero attached hydrogens (tertiary/aromatic N) is 1. The number of carbonyl (C=O) groups is 1. The number of ether oxygens (including phenoxy) is 2. The third-order valence-electron chi connectivity index (χ3n) is 6.91. The van der Waals surface area contributed by atoms with Gasteiger partial charge in [0.05, 0.1) is 24.6 Å². The maximum Gasteiger partial charge on any atom is 0.312 e. The van der Waals surface area contributed by atoms with Crippen molar-refractivity contribution in [1.29, 1.82) is 0 Å². The molecule has 0 spiro atoms. The smallest absolute Gasteiger partial charge is 0.312 e. The summed E-state index contributed by atoms with van der Waals surface area (Å²) < 4.78 is 18.1. The zero-order valence-electron chi connectivity index (χ0n) is 20.0. The van der Waals surface area contributed by atoms with E-state index in [0.29, 0.717) is 22.4 Å². The van der Waals surface area contributed by atoms with E-state index in [9.17, 15) is 19.5 Å². The van der Waals surface area contributed by atoms with Crippen molar-refractivity contribution in [3.05, 3.63) is 98.6 Å². The average Bonchev–Trinajstić information content (AvgIpc) is 2.90. The van der Waals surface area contributed by atoms with Crippen molar-refractivity contribution in [3.8, 4) is 28.4 Å². The molecule has 8 nitrogen and oxygen atoms in total. The van der Waals surface area contributed by atoms with E-state index in [1.54, 1.807) is 44.5 Å². The number of aromatic hydroxyl groups is 1. The topological polar surface area (TPSA) is 108 Å². The van der Waals surface area contributed by atoms with E-state index in [-0.39, 0.29) is 40.0 Å². The summed E-state index contributed by atoms with van der Waals surface area (Å²) in [6, 6.07) is 17.3. The fourth-order valence-electron chi connectivity index (χ4n) is 5.06. The summed E-state index contributed by atoms with van der Waals surface area (Å²) in [4.78, 5) is 39.5. The summed E-state index contributed by atoms with van der Waals surface area (Å²) in [7, 11) is 3.22. The van der Waals surface area contributed by atoms with Crippen LogP contribution in [-0.2, 0) is 11.8 Å². The van der Waals surface area contributed by atoms with E-state index in [1.807, 2.05) is 24.3 Å². The van der Waals surface area contributed by atoms with E-state index in [1.165, 1.54) is 16.9 Å². The molecular weight excluding hydrogens is 474 g/mol. The first kappa shape index (κ1) is 22.6. The van der Waals surface area contributed by atoms with Crippen molar-refractivity contribution >= 4 is 27.8 Å². The van der Waals surface area contributed by atoms with Crippen molar-refractivity contribution in [1.82, 2.24) is 4.57 Å². The van der Waals surface area contributed by atoms with E-state index in [2.05, 4.69) is 0 Å². The standard InChI is InChI=1S/C29H21NO7/c1-30-21-6-4-3-5-16(21)11-19(29(30)34)18-12-24(32)37-23-13-22(31)26-27(33)20(14-36-28(26)25(18)23)15-7-9-17(35-2)10-8-15/h3-11,13-14,18,31H,12H2,1-2H3/t18-/m0/s1. The Bertz CT molecular complexity index is 1850. The molecule has 3 heterocycles. The van der Waals surface area contributed by atoms with Crippen LogP contribution < -0.4 is 20.5 Å². The highest BCUT2D eigenvalue weighted by Crippen LogP contribution is 2.45. The Labute approximate surface area is 209 Å². The number of aromatic nitrogens is 1. The minimum absolute atomic E-state index is 0.0485. The average molecular weight is 495 g/mol. The highest BCUT2D eigenvalue weighted by molar-refractivity contribution is 5.94. The van der Waals surface area contributed by atoms with E-state index in [4.69, 9.17) is 13.9 Å². The summed E-state index contributed by atoms with van der Waals surface area (Å²) in [5.74, 6) is -0.978. The second-order valence-electron chi connectivity index (χ2n) is 8.97. The van der Waals surface area contributed by atoms with Crippen LogP contribution in [-0.4, -0.2) is 22.8 Å². The largest absolute Gasteiger partial charge is 0.507 e. The maximum absolute atomic E-state index is 13.6. The van der Waals surface area contributed by atoms with Gasteiger partial charge in [0.15, 0.2) is 0 Å². The molecule has 0 unspecified atom stereocenters. The van der Waals surface area contributed by atoms with Crippen LogP contribution >= 0.6 is 0 Å². The number of phenols is 1. The van der Waals surface area contributed by atoms with Crippen LogP contribution in [0.5, 0.6) is 17.2 Å². The van der Waals surface area contributed by atoms with Crippen LogP contribution in [0.1, 0.15) is 23.5 Å². The molecule has 1 atom stereocenters. The van der Waals surface area contributed by atoms with Gasteiger partial charge >= 0.3 is 5.97 Å². The number of carbonyl (C=O) groups excluding carboxylic acids is 1. The van der Waals surface area contributed by atoms with Crippen molar-refractivity contribution in [2.45, 2.75) is 12.3 Å². The summed E-state index contributed by atoms with van der Waals surface area (Å²) in [5.41, 5.74) is 1.67. The Kier molecular flexibility index (Phi) is 5.12. The minimum Gasteiger partial charge on any atom is -0.507 e. The molecular formula is C29H21NO7. The molecule has 1 aliphatic rings. The monoisotopic (exact) mass is 495 g/mol. The van der Waals surface area contributed by atoms with Crippen LogP contribution in [0.3, 0.4) is 0 Å². The Morgan fingerprint density at radius 3 is 2.54 bits per heavy atom. The number of phenolic OH excluding ortho intramolecular Hbond substituents is 1.